The van der Waals surface area contributed by atoms with Crippen LogP contribution in [0, 0.1) is 0 Å². The van der Waals surface area contributed by atoms with Gasteiger partial charge in [-0.3, -0.25) is 14.4 Å². The quantitative estimate of drug-likeness (QED) is 0.649. The van der Waals surface area contributed by atoms with Gasteiger partial charge in [0, 0.05) is 29.2 Å². The second kappa shape index (κ2) is 9.58. The Balaban J connectivity index is 1.70. The third kappa shape index (κ3) is 5.89. The Hall–Kier alpha value is -2.86. The molecule has 0 bridgehead atoms. The van der Waals surface area contributed by atoms with Crippen LogP contribution in [-0.2, 0) is 4.79 Å². The van der Waals surface area contributed by atoms with Gasteiger partial charge in [0.25, 0.3) is 11.8 Å². The highest BCUT2D eigenvalue weighted by Gasteiger charge is 2.16. The van der Waals surface area contributed by atoms with Gasteiger partial charge in [-0.25, -0.2) is 0 Å². The van der Waals surface area contributed by atoms with Crippen LogP contribution in [0.3, 0.4) is 0 Å². The first-order valence-corrected chi connectivity index (χ1v) is 8.52. The number of benzene rings is 2. The van der Waals surface area contributed by atoms with Crippen molar-refractivity contribution in [2.24, 2.45) is 0 Å². The minimum atomic E-state index is -0.685. The molecule has 0 aliphatic heterocycles. The minimum absolute atomic E-state index is 0.249. The molecule has 0 radical (unpaired) electrons. The van der Waals surface area contributed by atoms with Crippen molar-refractivity contribution in [2.45, 2.75) is 13.0 Å². The van der Waals surface area contributed by atoms with E-state index in [1.807, 2.05) is 6.07 Å². The number of rotatable bonds is 7. The summed E-state index contributed by atoms with van der Waals surface area (Å²) >= 11 is 5.77. The highest BCUT2D eigenvalue weighted by Crippen LogP contribution is 2.09. The van der Waals surface area contributed by atoms with Crippen molar-refractivity contribution in [3.8, 4) is 0 Å². The second-order valence-corrected chi connectivity index (χ2v) is 6.05. The molecule has 2 rings (SSSR count). The summed E-state index contributed by atoms with van der Waals surface area (Å²) in [5.41, 5.74) is 0.978. The summed E-state index contributed by atoms with van der Waals surface area (Å²) in [5.74, 6) is -0.888. The highest BCUT2D eigenvalue weighted by atomic mass is 35.5. The molecule has 2 aromatic carbocycles. The van der Waals surface area contributed by atoms with Crippen molar-refractivity contribution in [3.05, 3.63) is 70.7 Å². The van der Waals surface area contributed by atoms with Crippen molar-refractivity contribution in [2.75, 3.05) is 13.1 Å². The summed E-state index contributed by atoms with van der Waals surface area (Å²) < 4.78 is 0. The number of hydrogen-bond acceptors (Lipinski definition) is 3. The van der Waals surface area contributed by atoms with Crippen molar-refractivity contribution in [1.29, 1.82) is 0 Å². The molecule has 0 saturated heterocycles. The van der Waals surface area contributed by atoms with Crippen LogP contribution >= 0.6 is 11.6 Å². The molecule has 1 unspecified atom stereocenters. The van der Waals surface area contributed by atoms with E-state index >= 15 is 0 Å². The molecular weight excluding hydrogens is 354 g/mol. The Morgan fingerprint density at radius 1 is 0.846 bits per heavy atom. The number of carbonyl (C=O) groups excluding carboxylic acids is 3. The molecule has 0 saturated carbocycles. The molecule has 0 aliphatic carbocycles. The fraction of sp³-hybridized carbons (Fsp3) is 0.211. The molecule has 6 nitrogen and oxygen atoms in total. The molecule has 26 heavy (non-hydrogen) atoms. The van der Waals surface area contributed by atoms with E-state index in [0.29, 0.717) is 16.1 Å². The summed E-state index contributed by atoms with van der Waals surface area (Å²) in [7, 11) is 0. The Kier molecular flexibility index (Phi) is 7.17. The van der Waals surface area contributed by atoms with Crippen LogP contribution in [0.4, 0.5) is 0 Å². The van der Waals surface area contributed by atoms with Crippen molar-refractivity contribution >= 4 is 29.3 Å². The molecule has 3 N–H and O–H groups in total. The van der Waals surface area contributed by atoms with Gasteiger partial charge in [-0.15, -0.1) is 0 Å². The summed E-state index contributed by atoms with van der Waals surface area (Å²) in [6.45, 7) is 2.12. The predicted octanol–water partition coefficient (Wildman–Crippen LogP) is 2.00. The predicted molar refractivity (Wildman–Crippen MR) is 100 cm³/mol. The summed E-state index contributed by atoms with van der Waals surface area (Å²) in [4.78, 5) is 35.9. The van der Waals surface area contributed by atoms with Gasteiger partial charge in [-0.1, -0.05) is 29.8 Å². The van der Waals surface area contributed by atoms with E-state index in [1.54, 1.807) is 55.5 Å². The van der Waals surface area contributed by atoms with E-state index in [9.17, 15) is 14.4 Å². The van der Waals surface area contributed by atoms with Crippen molar-refractivity contribution in [3.63, 3.8) is 0 Å². The number of halogens is 1. The Labute approximate surface area is 156 Å². The molecule has 3 amide bonds. The van der Waals surface area contributed by atoms with Gasteiger partial charge < -0.3 is 16.0 Å². The van der Waals surface area contributed by atoms with Gasteiger partial charge in [0.15, 0.2) is 0 Å². The molecule has 2 aromatic rings. The third-order valence-corrected chi connectivity index (χ3v) is 3.85. The first kappa shape index (κ1) is 19.5. The normalized spacial score (nSPS) is 11.3. The van der Waals surface area contributed by atoms with Crippen LogP contribution in [0.1, 0.15) is 27.6 Å². The van der Waals surface area contributed by atoms with E-state index in [1.165, 1.54) is 0 Å². The van der Waals surface area contributed by atoms with Crippen LogP contribution in [-0.4, -0.2) is 36.9 Å². The zero-order chi connectivity index (χ0) is 18.9. The van der Waals surface area contributed by atoms with Crippen LogP contribution in [0.2, 0.25) is 5.02 Å². The van der Waals surface area contributed by atoms with Gasteiger partial charge in [0.1, 0.15) is 6.04 Å². The lowest BCUT2D eigenvalue weighted by molar-refractivity contribution is -0.122. The lowest BCUT2D eigenvalue weighted by Crippen LogP contribution is -2.46. The largest absolute Gasteiger partial charge is 0.353 e. The average molecular weight is 374 g/mol. The molecule has 0 aromatic heterocycles. The van der Waals surface area contributed by atoms with Gasteiger partial charge in [-0.2, -0.15) is 0 Å². The smallest absolute Gasteiger partial charge is 0.251 e. The molecule has 136 valence electrons. The first-order chi connectivity index (χ1) is 12.5. The Morgan fingerprint density at radius 2 is 1.42 bits per heavy atom. The number of carbonyl (C=O) groups is 3. The molecule has 0 heterocycles. The topological polar surface area (TPSA) is 87.3 Å². The molecular formula is C19H20ClN3O3. The first-order valence-electron chi connectivity index (χ1n) is 8.15. The van der Waals surface area contributed by atoms with E-state index in [-0.39, 0.29) is 30.8 Å². The van der Waals surface area contributed by atoms with Crippen molar-refractivity contribution < 1.29 is 14.4 Å². The van der Waals surface area contributed by atoms with E-state index in [2.05, 4.69) is 16.0 Å². The maximum absolute atomic E-state index is 12.0. The van der Waals surface area contributed by atoms with Gasteiger partial charge in [0.05, 0.1) is 0 Å². The Morgan fingerprint density at radius 3 is 2.08 bits per heavy atom. The SMILES string of the molecule is CC(NC(=O)c1ccccc1)C(=O)NCCNC(=O)c1ccc(Cl)cc1. The van der Waals surface area contributed by atoms with Crippen LogP contribution < -0.4 is 16.0 Å². The number of hydrogen-bond donors (Lipinski definition) is 3. The molecule has 1 atom stereocenters. The lowest BCUT2D eigenvalue weighted by Gasteiger charge is -2.14. The lowest BCUT2D eigenvalue weighted by atomic mass is 10.2. The number of amides is 3. The van der Waals surface area contributed by atoms with Crippen LogP contribution in [0.25, 0.3) is 0 Å². The molecule has 0 fully saturated rings. The van der Waals surface area contributed by atoms with Gasteiger partial charge >= 0.3 is 0 Å². The van der Waals surface area contributed by atoms with E-state index in [4.69, 9.17) is 11.6 Å². The maximum atomic E-state index is 12.0. The summed E-state index contributed by atoms with van der Waals surface area (Å²) in [5, 5.41) is 8.54. The van der Waals surface area contributed by atoms with E-state index < -0.39 is 6.04 Å². The second-order valence-electron chi connectivity index (χ2n) is 5.61. The maximum Gasteiger partial charge on any atom is 0.251 e. The standard InChI is InChI=1S/C19H20ClN3O3/c1-13(23-19(26)14-5-3-2-4-6-14)17(24)21-11-12-22-18(25)15-7-9-16(20)10-8-15/h2-10,13H,11-12H2,1H3,(H,21,24)(H,22,25)(H,23,26). The Bertz CT molecular complexity index is 763. The van der Waals surface area contributed by atoms with E-state index in [0.717, 1.165) is 0 Å². The monoisotopic (exact) mass is 373 g/mol. The fourth-order valence-corrected chi connectivity index (χ4v) is 2.28. The summed E-state index contributed by atoms with van der Waals surface area (Å²) in [6.07, 6.45) is 0. The molecule has 7 heteroatoms. The third-order valence-electron chi connectivity index (χ3n) is 3.59. The van der Waals surface area contributed by atoms with Crippen LogP contribution in [0.15, 0.2) is 54.6 Å². The molecule has 0 aliphatic rings. The zero-order valence-electron chi connectivity index (χ0n) is 14.3. The van der Waals surface area contributed by atoms with Gasteiger partial charge in [-0.05, 0) is 43.3 Å². The van der Waals surface area contributed by atoms with Crippen molar-refractivity contribution in [1.82, 2.24) is 16.0 Å². The average Bonchev–Trinajstić information content (AvgIpc) is 2.66. The number of nitrogens with one attached hydrogen (secondary N) is 3. The summed E-state index contributed by atoms with van der Waals surface area (Å²) in [6, 6.07) is 14.5. The highest BCUT2D eigenvalue weighted by molar-refractivity contribution is 6.30. The van der Waals surface area contributed by atoms with Crippen LogP contribution in [0.5, 0.6) is 0 Å². The fourth-order valence-electron chi connectivity index (χ4n) is 2.15. The van der Waals surface area contributed by atoms with Gasteiger partial charge in [0.2, 0.25) is 5.91 Å². The molecule has 0 spiro atoms. The minimum Gasteiger partial charge on any atom is -0.353 e. The zero-order valence-corrected chi connectivity index (χ0v) is 15.0.